The van der Waals surface area contributed by atoms with Crippen molar-refractivity contribution in [2.45, 2.75) is 18.9 Å². The molecule has 1 unspecified atom stereocenters. The van der Waals surface area contributed by atoms with Gasteiger partial charge in [0.05, 0.1) is 12.7 Å². The second-order valence-corrected chi connectivity index (χ2v) is 4.01. The number of rotatable bonds is 9. The van der Waals surface area contributed by atoms with E-state index < -0.39 is 12.2 Å². The van der Waals surface area contributed by atoms with Crippen molar-refractivity contribution in [3.8, 4) is 0 Å². The lowest BCUT2D eigenvalue weighted by Gasteiger charge is -2.12. The molecule has 0 bridgehead atoms. The third-order valence-corrected chi connectivity index (χ3v) is 2.26. The van der Waals surface area contributed by atoms with Crippen molar-refractivity contribution >= 4 is 6.09 Å². The van der Waals surface area contributed by atoms with Crippen LogP contribution in [0.25, 0.3) is 0 Å². The minimum Gasteiger partial charge on any atom is -0.448 e. The lowest BCUT2D eigenvalue weighted by atomic mass is 10.3. The van der Waals surface area contributed by atoms with Crippen molar-refractivity contribution in [1.82, 2.24) is 5.32 Å². The zero-order valence-corrected chi connectivity index (χ0v) is 9.35. The van der Waals surface area contributed by atoms with Gasteiger partial charge in [-0.1, -0.05) is 0 Å². The van der Waals surface area contributed by atoms with Gasteiger partial charge in [-0.2, -0.15) is 0 Å². The van der Waals surface area contributed by atoms with Gasteiger partial charge in [0, 0.05) is 19.7 Å². The predicted octanol–water partition coefficient (Wildman–Crippen LogP) is -0.541. The van der Waals surface area contributed by atoms with Crippen LogP contribution in [0.2, 0.25) is 0 Å². The van der Waals surface area contributed by atoms with E-state index in [1.54, 1.807) is 0 Å². The van der Waals surface area contributed by atoms with Crippen LogP contribution in [0.5, 0.6) is 0 Å². The summed E-state index contributed by atoms with van der Waals surface area (Å²) in [6, 6.07) is 0. The van der Waals surface area contributed by atoms with Gasteiger partial charge in [-0.25, -0.2) is 4.79 Å². The maximum Gasteiger partial charge on any atom is 0.404 e. The standard InChI is InChI=1S/C10H20N2O4/c11-10(14)16-4-3-12-5-9(13)7-15-6-8-1-2-8/h8-9,12-13H,1-7H2,(H2,11,14). The van der Waals surface area contributed by atoms with Gasteiger partial charge in [0.25, 0.3) is 0 Å². The van der Waals surface area contributed by atoms with E-state index in [4.69, 9.17) is 10.5 Å². The number of aliphatic hydroxyl groups excluding tert-OH is 1. The first-order valence-electron chi connectivity index (χ1n) is 5.57. The zero-order valence-electron chi connectivity index (χ0n) is 9.35. The molecule has 4 N–H and O–H groups in total. The summed E-state index contributed by atoms with van der Waals surface area (Å²) in [6.45, 7) is 2.21. The molecule has 1 rings (SSSR count). The van der Waals surface area contributed by atoms with E-state index in [2.05, 4.69) is 10.1 Å². The molecule has 16 heavy (non-hydrogen) atoms. The maximum atomic E-state index is 10.2. The van der Waals surface area contributed by atoms with Gasteiger partial charge in [0.1, 0.15) is 6.61 Å². The third-order valence-electron chi connectivity index (χ3n) is 2.26. The van der Waals surface area contributed by atoms with Crippen molar-refractivity contribution in [2.24, 2.45) is 11.7 Å². The molecule has 0 spiro atoms. The van der Waals surface area contributed by atoms with Gasteiger partial charge in [-0.3, -0.25) is 0 Å². The Kier molecular flexibility index (Phi) is 6.14. The highest BCUT2D eigenvalue weighted by Crippen LogP contribution is 2.28. The molecule has 1 fully saturated rings. The molecule has 0 aromatic carbocycles. The molecule has 1 amide bonds. The fourth-order valence-corrected chi connectivity index (χ4v) is 1.21. The molecule has 1 saturated carbocycles. The zero-order chi connectivity index (χ0) is 11.8. The molecule has 6 nitrogen and oxygen atoms in total. The number of ether oxygens (including phenoxy) is 2. The third kappa shape index (κ3) is 7.44. The van der Waals surface area contributed by atoms with Crippen molar-refractivity contribution < 1.29 is 19.4 Å². The largest absolute Gasteiger partial charge is 0.448 e. The Morgan fingerprint density at radius 1 is 1.56 bits per heavy atom. The summed E-state index contributed by atoms with van der Waals surface area (Å²) in [5, 5.41) is 12.4. The van der Waals surface area contributed by atoms with Crippen LogP contribution in [0.15, 0.2) is 0 Å². The quantitative estimate of drug-likeness (QED) is 0.464. The highest BCUT2D eigenvalue weighted by atomic mass is 16.5. The first kappa shape index (κ1) is 13.2. The van der Waals surface area contributed by atoms with E-state index in [0.29, 0.717) is 25.6 Å². The lowest BCUT2D eigenvalue weighted by molar-refractivity contribution is 0.0321. The minimum absolute atomic E-state index is 0.213. The van der Waals surface area contributed by atoms with E-state index in [-0.39, 0.29) is 6.61 Å². The highest BCUT2D eigenvalue weighted by molar-refractivity contribution is 5.64. The summed E-state index contributed by atoms with van der Waals surface area (Å²) in [5.41, 5.74) is 4.78. The van der Waals surface area contributed by atoms with Crippen LogP contribution in [0, 0.1) is 5.92 Å². The summed E-state index contributed by atoms with van der Waals surface area (Å²) in [4.78, 5) is 10.2. The average molecular weight is 232 g/mol. The first-order chi connectivity index (χ1) is 7.68. The molecule has 6 heteroatoms. The van der Waals surface area contributed by atoms with Crippen LogP contribution < -0.4 is 11.1 Å². The van der Waals surface area contributed by atoms with Gasteiger partial charge in [-0.15, -0.1) is 0 Å². The first-order valence-corrected chi connectivity index (χ1v) is 5.57. The summed E-state index contributed by atoms with van der Waals surface area (Å²) in [5.74, 6) is 0.712. The van der Waals surface area contributed by atoms with Gasteiger partial charge in [0.2, 0.25) is 0 Å². The maximum absolute atomic E-state index is 10.2. The number of primary amides is 1. The molecule has 0 radical (unpaired) electrons. The number of hydrogen-bond acceptors (Lipinski definition) is 5. The molecular weight excluding hydrogens is 212 g/mol. The van der Waals surface area contributed by atoms with Crippen molar-refractivity contribution in [3.63, 3.8) is 0 Å². The Morgan fingerprint density at radius 2 is 2.31 bits per heavy atom. The smallest absolute Gasteiger partial charge is 0.404 e. The van der Waals surface area contributed by atoms with E-state index in [0.717, 1.165) is 6.61 Å². The van der Waals surface area contributed by atoms with E-state index in [1.165, 1.54) is 12.8 Å². The SMILES string of the molecule is NC(=O)OCCNCC(O)COCC1CC1. The van der Waals surface area contributed by atoms with E-state index >= 15 is 0 Å². The second kappa shape index (κ2) is 7.43. The average Bonchev–Trinajstić information content (AvgIpc) is 3.00. The minimum atomic E-state index is -0.782. The van der Waals surface area contributed by atoms with Crippen molar-refractivity contribution in [2.75, 3.05) is 32.9 Å². The molecular formula is C10H20N2O4. The Hall–Kier alpha value is -0.850. The number of aliphatic hydroxyl groups is 1. The fourth-order valence-electron chi connectivity index (χ4n) is 1.21. The number of nitrogens with one attached hydrogen (secondary N) is 1. The van der Waals surface area contributed by atoms with E-state index in [9.17, 15) is 9.90 Å². The topological polar surface area (TPSA) is 93.8 Å². The highest BCUT2D eigenvalue weighted by Gasteiger charge is 2.21. The molecule has 0 saturated heterocycles. The molecule has 0 aliphatic heterocycles. The number of hydrogen-bond donors (Lipinski definition) is 3. The Labute approximate surface area is 95.1 Å². The van der Waals surface area contributed by atoms with Gasteiger partial charge in [0.15, 0.2) is 0 Å². The summed E-state index contributed by atoms with van der Waals surface area (Å²) in [6.07, 6.45) is 1.19. The Bertz CT molecular complexity index is 209. The summed E-state index contributed by atoms with van der Waals surface area (Å²) >= 11 is 0. The molecule has 1 aliphatic rings. The van der Waals surface area contributed by atoms with E-state index in [1.807, 2.05) is 0 Å². The summed E-state index contributed by atoms with van der Waals surface area (Å²) in [7, 11) is 0. The van der Waals surface area contributed by atoms with Crippen LogP contribution in [0.4, 0.5) is 4.79 Å². The normalized spacial score (nSPS) is 17.1. The van der Waals surface area contributed by atoms with Crippen LogP contribution in [0.1, 0.15) is 12.8 Å². The van der Waals surface area contributed by atoms with Gasteiger partial charge >= 0.3 is 6.09 Å². The van der Waals surface area contributed by atoms with Crippen LogP contribution in [-0.4, -0.2) is 50.2 Å². The predicted molar refractivity (Wildman–Crippen MR) is 58.0 cm³/mol. The number of carbonyl (C=O) groups is 1. The number of nitrogens with two attached hydrogens (primary N) is 1. The molecule has 1 atom stereocenters. The molecule has 1 aliphatic carbocycles. The second-order valence-electron chi connectivity index (χ2n) is 4.01. The van der Waals surface area contributed by atoms with Crippen LogP contribution in [-0.2, 0) is 9.47 Å². The Balaban J connectivity index is 1.81. The monoisotopic (exact) mass is 232 g/mol. The van der Waals surface area contributed by atoms with Gasteiger partial charge < -0.3 is 25.6 Å². The summed E-state index contributed by atoms with van der Waals surface area (Å²) < 4.78 is 9.83. The van der Waals surface area contributed by atoms with Gasteiger partial charge in [-0.05, 0) is 18.8 Å². The molecule has 0 aromatic rings. The lowest BCUT2D eigenvalue weighted by Crippen LogP contribution is -2.33. The van der Waals surface area contributed by atoms with Crippen LogP contribution >= 0.6 is 0 Å². The fraction of sp³-hybridized carbons (Fsp3) is 0.900. The van der Waals surface area contributed by atoms with Crippen LogP contribution in [0.3, 0.4) is 0 Å². The molecule has 94 valence electrons. The number of carbonyl (C=O) groups excluding carboxylic acids is 1. The Morgan fingerprint density at radius 3 is 2.94 bits per heavy atom. The number of amides is 1. The van der Waals surface area contributed by atoms with Crippen molar-refractivity contribution in [1.29, 1.82) is 0 Å². The molecule has 0 aromatic heterocycles. The van der Waals surface area contributed by atoms with Crippen molar-refractivity contribution in [3.05, 3.63) is 0 Å². The molecule has 0 heterocycles.